The molecule has 0 fully saturated rings. The van der Waals surface area contributed by atoms with Crippen LogP contribution >= 0.6 is 0 Å². The lowest BCUT2D eigenvalue weighted by Crippen LogP contribution is -2.30. The van der Waals surface area contributed by atoms with E-state index in [0.717, 1.165) is 122 Å². The van der Waals surface area contributed by atoms with Crippen LogP contribution in [0.25, 0.3) is 0 Å². The molecule has 0 spiro atoms. The summed E-state index contributed by atoms with van der Waals surface area (Å²) in [5.41, 5.74) is 0. The quantitative estimate of drug-likeness (QED) is 0.0262. The Bertz CT molecular complexity index is 1300. The molecule has 1 unspecified atom stereocenters. The fourth-order valence-electron chi connectivity index (χ4n) is 6.95. The van der Waals surface area contributed by atoms with Crippen molar-refractivity contribution in [2.75, 3.05) is 13.2 Å². The van der Waals surface area contributed by atoms with Gasteiger partial charge in [0.15, 0.2) is 6.10 Å². The van der Waals surface area contributed by atoms with Crippen LogP contribution in [0.2, 0.25) is 0 Å². The molecule has 0 radical (unpaired) electrons. The Hall–Kier alpha value is -3.67. The third-order valence-corrected chi connectivity index (χ3v) is 10.8. The van der Waals surface area contributed by atoms with Crippen molar-refractivity contribution in [3.05, 3.63) is 97.2 Å². The maximum absolute atomic E-state index is 12.8. The van der Waals surface area contributed by atoms with Gasteiger partial charge in [-0.3, -0.25) is 14.4 Å². The van der Waals surface area contributed by atoms with Crippen molar-refractivity contribution >= 4 is 17.9 Å². The van der Waals surface area contributed by atoms with Crippen molar-refractivity contribution in [1.82, 2.24) is 0 Å². The van der Waals surface area contributed by atoms with Gasteiger partial charge in [-0.25, -0.2) is 0 Å². The number of hydrogen-bond acceptors (Lipinski definition) is 6. The Kier molecular flexibility index (Phi) is 49.0. The smallest absolute Gasteiger partial charge is 0.306 e. The van der Waals surface area contributed by atoms with Crippen LogP contribution in [0.3, 0.4) is 0 Å². The minimum atomic E-state index is -0.785. The largest absolute Gasteiger partial charge is 0.462 e. The Morgan fingerprint density at radius 2 is 0.609 bits per heavy atom. The van der Waals surface area contributed by atoms with Crippen molar-refractivity contribution in [2.45, 2.75) is 239 Å². The molecule has 0 aliphatic carbocycles. The molecule has 0 aromatic carbocycles. The zero-order valence-electron chi connectivity index (χ0n) is 41.5. The van der Waals surface area contributed by atoms with E-state index in [-0.39, 0.29) is 31.1 Å². The van der Waals surface area contributed by atoms with Gasteiger partial charge in [0.05, 0.1) is 0 Å². The van der Waals surface area contributed by atoms with Gasteiger partial charge in [-0.1, -0.05) is 214 Å². The normalized spacial score (nSPS) is 12.9. The first-order valence-corrected chi connectivity index (χ1v) is 26.2. The van der Waals surface area contributed by atoms with Crippen LogP contribution in [0.4, 0.5) is 0 Å². The Labute approximate surface area is 394 Å². The van der Waals surface area contributed by atoms with Crippen LogP contribution in [0.5, 0.6) is 0 Å². The number of hydrogen-bond donors (Lipinski definition) is 0. The Balaban J connectivity index is 4.24. The molecule has 364 valence electrons. The van der Waals surface area contributed by atoms with Gasteiger partial charge in [0.2, 0.25) is 0 Å². The fourth-order valence-corrected chi connectivity index (χ4v) is 6.95. The number of esters is 3. The molecule has 0 aliphatic rings. The predicted molar refractivity (Wildman–Crippen MR) is 274 cm³/mol. The second-order valence-corrected chi connectivity index (χ2v) is 17.0. The zero-order chi connectivity index (χ0) is 46.5. The van der Waals surface area contributed by atoms with Crippen molar-refractivity contribution in [3.63, 3.8) is 0 Å². The van der Waals surface area contributed by atoms with Gasteiger partial charge < -0.3 is 14.2 Å². The van der Waals surface area contributed by atoms with Gasteiger partial charge in [0.1, 0.15) is 13.2 Å². The molecule has 0 rings (SSSR count). The van der Waals surface area contributed by atoms with E-state index >= 15 is 0 Å². The molecule has 0 aromatic rings. The summed E-state index contributed by atoms with van der Waals surface area (Å²) in [5.74, 6) is -0.920. The molecule has 0 amide bonds. The molecule has 0 saturated heterocycles. The van der Waals surface area contributed by atoms with E-state index in [4.69, 9.17) is 14.2 Å². The lowest BCUT2D eigenvalue weighted by molar-refractivity contribution is -0.167. The van der Waals surface area contributed by atoms with Crippen LogP contribution in [-0.4, -0.2) is 37.2 Å². The molecule has 64 heavy (non-hydrogen) atoms. The summed E-state index contributed by atoms with van der Waals surface area (Å²) in [6, 6.07) is 0. The minimum absolute atomic E-state index is 0.0860. The number of unbranched alkanes of at least 4 members (excludes halogenated alkanes) is 19. The van der Waals surface area contributed by atoms with Gasteiger partial charge in [-0.05, 0) is 96.3 Å². The summed E-state index contributed by atoms with van der Waals surface area (Å²) in [7, 11) is 0. The number of carbonyl (C=O) groups excluding carboxylic acids is 3. The SMILES string of the molecule is CC/C=C\C/C=C\C/C=C\C/C=C\C/C=C\CCCCCCCCCC(=O)OCC(COC(=O)CCCCCCCC)OC(=O)CCCCCCCCC/C=C\C/C=C\C/C=C\CC. The molecule has 0 bridgehead atoms. The standard InChI is InChI=1S/C58H96O6/c1-4-7-10-13-16-18-20-22-24-26-27-28-29-30-31-33-34-36-38-40-42-45-48-51-57(60)63-54-55(53-62-56(59)50-47-44-15-12-9-6-3)64-58(61)52-49-46-43-41-39-37-35-32-25-23-21-19-17-14-11-8-5-2/h7-8,10-11,16-19,22-25,27-28,30-31,55H,4-6,9,12-15,20-21,26,29,32-54H2,1-3H3/b10-7-,11-8-,18-16-,19-17-,24-22-,25-23-,28-27-,31-30-. The number of carbonyl (C=O) groups is 3. The third kappa shape index (κ3) is 49.3. The van der Waals surface area contributed by atoms with E-state index in [1.165, 1.54) is 70.6 Å². The monoisotopic (exact) mass is 889 g/mol. The van der Waals surface area contributed by atoms with E-state index in [9.17, 15) is 14.4 Å². The van der Waals surface area contributed by atoms with Crippen molar-refractivity contribution < 1.29 is 28.6 Å². The van der Waals surface area contributed by atoms with Crippen LogP contribution in [0.1, 0.15) is 233 Å². The first-order valence-electron chi connectivity index (χ1n) is 26.2. The first kappa shape index (κ1) is 60.3. The van der Waals surface area contributed by atoms with E-state index in [2.05, 4.69) is 118 Å². The van der Waals surface area contributed by atoms with Gasteiger partial charge in [0.25, 0.3) is 0 Å². The number of ether oxygens (including phenoxy) is 3. The molecule has 0 heterocycles. The second-order valence-electron chi connectivity index (χ2n) is 17.0. The van der Waals surface area contributed by atoms with Gasteiger partial charge in [-0.15, -0.1) is 0 Å². The van der Waals surface area contributed by atoms with E-state index in [1.807, 2.05) is 0 Å². The maximum Gasteiger partial charge on any atom is 0.306 e. The highest BCUT2D eigenvalue weighted by atomic mass is 16.6. The Morgan fingerprint density at radius 1 is 0.328 bits per heavy atom. The van der Waals surface area contributed by atoms with Crippen LogP contribution in [0.15, 0.2) is 97.2 Å². The highest BCUT2D eigenvalue weighted by molar-refractivity contribution is 5.71. The summed E-state index contributed by atoms with van der Waals surface area (Å²) >= 11 is 0. The second kappa shape index (κ2) is 52.0. The topological polar surface area (TPSA) is 78.9 Å². The summed E-state index contributed by atoms with van der Waals surface area (Å²) < 4.78 is 16.7. The molecular weight excluding hydrogens is 793 g/mol. The summed E-state index contributed by atoms with van der Waals surface area (Å²) in [6.45, 7) is 6.33. The van der Waals surface area contributed by atoms with Crippen molar-refractivity contribution in [1.29, 1.82) is 0 Å². The zero-order valence-corrected chi connectivity index (χ0v) is 41.5. The van der Waals surface area contributed by atoms with Crippen molar-refractivity contribution in [3.8, 4) is 0 Å². The molecule has 1 atom stereocenters. The average Bonchev–Trinajstić information content (AvgIpc) is 3.29. The highest BCUT2D eigenvalue weighted by Gasteiger charge is 2.19. The maximum atomic E-state index is 12.8. The van der Waals surface area contributed by atoms with Crippen molar-refractivity contribution in [2.24, 2.45) is 0 Å². The minimum Gasteiger partial charge on any atom is -0.462 e. The van der Waals surface area contributed by atoms with E-state index in [1.54, 1.807) is 0 Å². The molecule has 0 N–H and O–H groups in total. The lowest BCUT2D eigenvalue weighted by Gasteiger charge is -2.18. The van der Waals surface area contributed by atoms with Gasteiger partial charge in [0, 0.05) is 19.3 Å². The molecular formula is C58H96O6. The molecule has 0 aliphatic heterocycles. The number of rotatable bonds is 46. The lowest BCUT2D eigenvalue weighted by atomic mass is 10.1. The van der Waals surface area contributed by atoms with Crippen LogP contribution in [-0.2, 0) is 28.6 Å². The van der Waals surface area contributed by atoms with Crippen LogP contribution < -0.4 is 0 Å². The number of allylic oxidation sites excluding steroid dienone is 16. The van der Waals surface area contributed by atoms with Gasteiger partial charge >= 0.3 is 17.9 Å². The van der Waals surface area contributed by atoms with E-state index in [0.29, 0.717) is 19.3 Å². The summed E-state index contributed by atoms with van der Waals surface area (Å²) in [6.07, 6.45) is 68.4. The molecule has 0 saturated carbocycles. The fraction of sp³-hybridized carbons (Fsp3) is 0.672. The summed E-state index contributed by atoms with van der Waals surface area (Å²) in [4.78, 5) is 37.8. The first-order chi connectivity index (χ1) is 31.5. The van der Waals surface area contributed by atoms with E-state index < -0.39 is 6.10 Å². The highest BCUT2D eigenvalue weighted by Crippen LogP contribution is 2.14. The molecule has 6 heteroatoms. The predicted octanol–water partition coefficient (Wildman–Crippen LogP) is 17.4. The summed E-state index contributed by atoms with van der Waals surface area (Å²) in [5, 5.41) is 0. The van der Waals surface area contributed by atoms with Crippen LogP contribution in [0, 0.1) is 0 Å². The molecule has 0 aromatic heterocycles. The molecule has 6 nitrogen and oxygen atoms in total. The third-order valence-electron chi connectivity index (χ3n) is 10.8. The van der Waals surface area contributed by atoms with Gasteiger partial charge in [-0.2, -0.15) is 0 Å². The average molecular weight is 889 g/mol. The Morgan fingerprint density at radius 3 is 0.953 bits per heavy atom.